The van der Waals surface area contributed by atoms with Gasteiger partial charge in [0.05, 0.1) is 13.1 Å². The van der Waals surface area contributed by atoms with Crippen molar-refractivity contribution in [1.82, 2.24) is 18.8 Å². The summed E-state index contributed by atoms with van der Waals surface area (Å²) in [6.45, 7) is 3.73. The Balaban J connectivity index is 1.80. The van der Waals surface area contributed by atoms with Crippen molar-refractivity contribution in [1.29, 1.82) is 0 Å². The van der Waals surface area contributed by atoms with Gasteiger partial charge >= 0.3 is 0 Å². The first-order chi connectivity index (χ1) is 10.0. The summed E-state index contributed by atoms with van der Waals surface area (Å²) in [5.41, 5.74) is 0. The van der Waals surface area contributed by atoms with Gasteiger partial charge in [-0.2, -0.15) is 17.0 Å². The van der Waals surface area contributed by atoms with Crippen LogP contribution in [0.15, 0.2) is 0 Å². The van der Waals surface area contributed by atoms with Crippen LogP contribution in [0.5, 0.6) is 0 Å². The van der Waals surface area contributed by atoms with E-state index in [0.717, 1.165) is 12.8 Å². The fourth-order valence-corrected chi connectivity index (χ4v) is 4.28. The minimum atomic E-state index is -3.31. The van der Waals surface area contributed by atoms with E-state index < -0.39 is 10.2 Å². The van der Waals surface area contributed by atoms with Gasteiger partial charge in [-0.05, 0) is 12.8 Å². The normalized spacial score (nSPS) is 22.0. The summed E-state index contributed by atoms with van der Waals surface area (Å²) in [5, 5.41) is 2.61. The molecule has 0 saturated carbocycles. The smallest absolute Gasteiger partial charge is 0.282 e. The van der Waals surface area contributed by atoms with Crippen molar-refractivity contribution in [3.8, 4) is 12.3 Å². The zero-order valence-corrected chi connectivity index (χ0v) is 12.9. The highest BCUT2D eigenvalue weighted by atomic mass is 32.2. The van der Waals surface area contributed by atoms with Crippen LogP contribution in [0.1, 0.15) is 12.8 Å². The largest absolute Gasteiger partial charge is 0.344 e. The highest BCUT2D eigenvalue weighted by molar-refractivity contribution is 7.86. The fourth-order valence-electron chi connectivity index (χ4n) is 2.61. The summed E-state index contributed by atoms with van der Waals surface area (Å²) < 4.78 is 27.9. The van der Waals surface area contributed by atoms with Crippen molar-refractivity contribution in [3.63, 3.8) is 0 Å². The average Bonchev–Trinajstić information content (AvgIpc) is 3.00. The molecule has 1 amide bonds. The van der Waals surface area contributed by atoms with Gasteiger partial charge < -0.3 is 5.32 Å². The second-order valence-corrected chi connectivity index (χ2v) is 7.20. The predicted octanol–water partition coefficient (Wildman–Crippen LogP) is -1.31. The molecule has 2 aliphatic rings. The Kier molecular flexibility index (Phi) is 5.58. The molecule has 0 unspecified atom stereocenters. The summed E-state index contributed by atoms with van der Waals surface area (Å²) in [5.74, 6) is 2.23. The van der Waals surface area contributed by atoms with Crippen molar-refractivity contribution in [2.75, 3.05) is 52.4 Å². The Morgan fingerprint density at radius 3 is 2.19 bits per heavy atom. The van der Waals surface area contributed by atoms with Gasteiger partial charge in [0.2, 0.25) is 5.91 Å². The van der Waals surface area contributed by atoms with E-state index in [1.165, 1.54) is 4.31 Å². The highest BCUT2D eigenvalue weighted by Crippen LogP contribution is 2.17. The molecule has 0 aliphatic carbocycles. The lowest BCUT2D eigenvalue weighted by Gasteiger charge is -2.35. The standard InChI is InChI=1S/C13H22N4O3S/c1-2-5-14-13(18)12-15-8-10-17(11-9-15)21(19,20)16-6-3-4-7-16/h1H,3-12H2,(H,14,18). The molecule has 0 aromatic heterocycles. The maximum Gasteiger partial charge on any atom is 0.282 e. The first-order valence-corrected chi connectivity index (χ1v) is 8.61. The minimum Gasteiger partial charge on any atom is -0.344 e. The highest BCUT2D eigenvalue weighted by Gasteiger charge is 2.33. The third-order valence-electron chi connectivity index (χ3n) is 3.80. The molecule has 2 aliphatic heterocycles. The van der Waals surface area contributed by atoms with Crippen molar-refractivity contribution < 1.29 is 13.2 Å². The fraction of sp³-hybridized carbons (Fsp3) is 0.769. The topological polar surface area (TPSA) is 73.0 Å². The van der Waals surface area contributed by atoms with Crippen LogP contribution in [0, 0.1) is 12.3 Å². The summed E-state index contributed by atoms with van der Waals surface area (Å²) in [7, 11) is -3.31. The SMILES string of the molecule is C#CCNC(=O)CN1CCN(S(=O)(=O)N2CCCC2)CC1. The molecule has 7 nitrogen and oxygen atoms in total. The van der Waals surface area contributed by atoms with E-state index in [-0.39, 0.29) is 19.0 Å². The summed E-state index contributed by atoms with van der Waals surface area (Å²) in [6, 6.07) is 0. The number of carbonyl (C=O) groups is 1. The monoisotopic (exact) mass is 314 g/mol. The predicted molar refractivity (Wildman–Crippen MR) is 79.6 cm³/mol. The minimum absolute atomic E-state index is 0.121. The number of carbonyl (C=O) groups excluding carboxylic acids is 1. The lowest BCUT2D eigenvalue weighted by atomic mass is 10.3. The molecule has 2 saturated heterocycles. The Hall–Kier alpha value is -1.14. The molecule has 21 heavy (non-hydrogen) atoms. The van der Waals surface area contributed by atoms with Gasteiger partial charge in [0, 0.05) is 39.3 Å². The Morgan fingerprint density at radius 2 is 1.62 bits per heavy atom. The third-order valence-corrected chi connectivity index (χ3v) is 5.84. The van der Waals surface area contributed by atoms with Gasteiger partial charge in [-0.15, -0.1) is 6.42 Å². The van der Waals surface area contributed by atoms with Gasteiger partial charge in [0.25, 0.3) is 10.2 Å². The van der Waals surface area contributed by atoms with Crippen LogP contribution in [0.3, 0.4) is 0 Å². The number of hydrogen-bond donors (Lipinski definition) is 1. The first kappa shape index (κ1) is 16.2. The zero-order valence-electron chi connectivity index (χ0n) is 12.1. The van der Waals surface area contributed by atoms with Gasteiger partial charge in [0.1, 0.15) is 0 Å². The van der Waals surface area contributed by atoms with Crippen LogP contribution in [-0.4, -0.2) is 80.2 Å². The van der Waals surface area contributed by atoms with Crippen molar-refractivity contribution >= 4 is 16.1 Å². The number of rotatable bonds is 5. The van der Waals surface area contributed by atoms with Gasteiger partial charge in [-0.25, -0.2) is 0 Å². The van der Waals surface area contributed by atoms with Crippen molar-refractivity contribution in [2.24, 2.45) is 0 Å². The van der Waals surface area contributed by atoms with Crippen LogP contribution >= 0.6 is 0 Å². The van der Waals surface area contributed by atoms with Gasteiger partial charge in [-0.3, -0.25) is 9.69 Å². The van der Waals surface area contributed by atoms with Crippen LogP contribution in [-0.2, 0) is 15.0 Å². The lowest BCUT2D eigenvalue weighted by molar-refractivity contribution is -0.122. The lowest BCUT2D eigenvalue weighted by Crippen LogP contribution is -2.54. The molecule has 2 heterocycles. The van der Waals surface area contributed by atoms with Crippen LogP contribution in [0.25, 0.3) is 0 Å². The van der Waals surface area contributed by atoms with Crippen LogP contribution < -0.4 is 5.32 Å². The number of nitrogens with one attached hydrogen (secondary N) is 1. The Morgan fingerprint density at radius 1 is 1.05 bits per heavy atom. The maximum atomic E-state index is 12.4. The molecule has 8 heteroatoms. The van der Waals surface area contributed by atoms with E-state index in [1.54, 1.807) is 4.31 Å². The average molecular weight is 314 g/mol. The number of hydrogen-bond acceptors (Lipinski definition) is 4. The number of amides is 1. The van der Waals surface area contributed by atoms with Crippen LogP contribution in [0.2, 0.25) is 0 Å². The summed E-state index contributed by atoms with van der Waals surface area (Å²) >= 11 is 0. The Labute approximate surface area is 126 Å². The molecule has 0 spiro atoms. The van der Waals surface area contributed by atoms with E-state index >= 15 is 0 Å². The van der Waals surface area contributed by atoms with Crippen LogP contribution in [0.4, 0.5) is 0 Å². The van der Waals surface area contributed by atoms with Gasteiger partial charge in [0.15, 0.2) is 0 Å². The molecule has 0 aromatic rings. The Bertz CT molecular complexity index is 500. The van der Waals surface area contributed by atoms with Gasteiger partial charge in [-0.1, -0.05) is 5.92 Å². The van der Waals surface area contributed by atoms with E-state index in [0.29, 0.717) is 39.3 Å². The molecule has 2 rings (SSSR count). The number of nitrogens with zero attached hydrogens (tertiary/aromatic N) is 3. The molecule has 0 radical (unpaired) electrons. The van der Waals surface area contributed by atoms with E-state index in [1.807, 2.05) is 4.90 Å². The second-order valence-electron chi connectivity index (χ2n) is 5.27. The summed E-state index contributed by atoms with van der Waals surface area (Å²) in [6.07, 6.45) is 6.96. The molecule has 2 fully saturated rings. The molecular weight excluding hydrogens is 292 g/mol. The van der Waals surface area contributed by atoms with Crippen molar-refractivity contribution in [3.05, 3.63) is 0 Å². The van der Waals surface area contributed by atoms with E-state index in [4.69, 9.17) is 6.42 Å². The quantitative estimate of drug-likeness (QED) is 0.640. The van der Waals surface area contributed by atoms with Crippen molar-refractivity contribution in [2.45, 2.75) is 12.8 Å². The van der Waals surface area contributed by atoms with E-state index in [2.05, 4.69) is 11.2 Å². The number of terminal acetylenes is 1. The molecule has 0 atom stereocenters. The molecule has 1 N–H and O–H groups in total. The molecule has 0 aromatic carbocycles. The second kappa shape index (κ2) is 7.22. The third kappa shape index (κ3) is 4.17. The molecular formula is C13H22N4O3S. The van der Waals surface area contributed by atoms with E-state index in [9.17, 15) is 13.2 Å². The maximum absolute atomic E-state index is 12.4. The first-order valence-electron chi connectivity index (χ1n) is 7.22. The molecule has 0 bridgehead atoms. The zero-order chi connectivity index (χ0) is 15.3. The number of piperazine rings is 1. The molecule has 118 valence electrons. The summed E-state index contributed by atoms with van der Waals surface area (Å²) in [4.78, 5) is 13.5.